The number of ether oxygens (including phenoxy) is 1. The van der Waals surface area contributed by atoms with Gasteiger partial charge in [0, 0.05) is 35.1 Å². The van der Waals surface area contributed by atoms with Gasteiger partial charge in [-0.05, 0) is 36.6 Å². The number of aromatic nitrogens is 3. The molecule has 7 nitrogen and oxygen atoms in total. The van der Waals surface area contributed by atoms with Crippen molar-refractivity contribution in [3.05, 3.63) is 53.4 Å². The monoisotopic (exact) mass is 420 g/mol. The first-order chi connectivity index (χ1) is 13.6. The number of pyridine rings is 1. The molecule has 0 bridgehead atoms. The molecule has 0 aliphatic carbocycles. The SMILES string of the molecule is CSNCCOc1nnc(-c2cc(Cl)ccc2F)cc1Nc1ccnc(N)c1. The lowest BCUT2D eigenvalue weighted by Gasteiger charge is -2.14. The van der Waals surface area contributed by atoms with Gasteiger partial charge in [0.1, 0.15) is 23.9 Å². The van der Waals surface area contributed by atoms with Crippen LogP contribution in [0.4, 0.5) is 21.6 Å². The average molecular weight is 421 g/mol. The maximum Gasteiger partial charge on any atom is 0.257 e. The van der Waals surface area contributed by atoms with E-state index in [9.17, 15) is 4.39 Å². The van der Waals surface area contributed by atoms with E-state index >= 15 is 0 Å². The second kappa shape index (κ2) is 9.54. The van der Waals surface area contributed by atoms with Crippen molar-refractivity contribution in [2.45, 2.75) is 0 Å². The van der Waals surface area contributed by atoms with E-state index in [2.05, 4.69) is 25.2 Å². The molecular formula is C18H18ClFN6OS. The number of nitrogens with two attached hydrogens (primary N) is 1. The Balaban J connectivity index is 1.94. The summed E-state index contributed by atoms with van der Waals surface area (Å²) in [6.45, 7) is 1.00. The van der Waals surface area contributed by atoms with Gasteiger partial charge in [-0.15, -0.1) is 10.2 Å². The van der Waals surface area contributed by atoms with E-state index in [-0.39, 0.29) is 11.4 Å². The van der Waals surface area contributed by atoms with Crippen LogP contribution in [-0.2, 0) is 0 Å². The van der Waals surface area contributed by atoms with Crippen molar-refractivity contribution in [3.8, 4) is 17.1 Å². The molecule has 2 heterocycles. The third-order valence-corrected chi connectivity index (χ3v) is 4.34. The van der Waals surface area contributed by atoms with E-state index in [0.717, 1.165) is 0 Å². The Hall–Kier alpha value is -2.62. The van der Waals surface area contributed by atoms with Crippen molar-refractivity contribution in [1.82, 2.24) is 19.9 Å². The summed E-state index contributed by atoms with van der Waals surface area (Å²) in [6, 6.07) is 9.32. The molecule has 28 heavy (non-hydrogen) atoms. The van der Waals surface area contributed by atoms with Crippen LogP contribution in [0, 0.1) is 5.82 Å². The van der Waals surface area contributed by atoms with Crippen LogP contribution in [-0.4, -0.2) is 34.6 Å². The van der Waals surface area contributed by atoms with Gasteiger partial charge in [-0.1, -0.05) is 23.5 Å². The quantitative estimate of drug-likeness (QED) is 0.373. The molecule has 0 radical (unpaired) electrons. The molecule has 0 aliphatic heterocycles. The molecule has 0 atom stereocenters. The van der Waals surface area contributed by atoms with Gasteiger partial charge in [0.25, 0.3) is 5.88 Å². The highest BCUT2D eigenvalue weighted by molar-refractivity contribution is 7.96. The molecule has 0 aliphatic rings. The largest absolute Gasteiger partial charge is 0.474 e. The van der Waals surface area contributed by atoms with Gasteiger partial charge >= 0.3 is 0 Å². The first-order valence-corrected chi connectivity index (χ1v) is 9.87. The van der Waals surface area contributed by atoms with Crippen molar-refractivity contribution < 1.29 is 9.13 Å². The molecule has 4 N–H and O–H groups in total. The fourth-order valence-corrected chi connectivity index (χ4v) is 2.83. The van der Waals surface area contributed by atoms with E-state index in [1.165, 1.54) is 30.1 Å². The molecule has 0 saturated heterocycles. The summed E-state index contributed by atoms with van der Waals surface area (Å²) in [5.41, 5.74) is 7.50. The van der Waals surface area contributed by atoms with Gasteiger partial charge in [0.2, 0.25) is 0 Å². The minimum absolute atomic E-state index is 0.243. The Kier molecular flexibility index (Phi) is 6.85. The fraction of sp³-hybridized carbons (Fsp3) is 0.167. The highest BCUT2D eigenvalue weighted by Gasteiger charge is 2.14. The van der Waals surface area contributed by atoms with Gasteiger partial charge in [-0.2, -0.15) is 0 Å². The zero-order valence-electron chi connectivity index (χ0n) is 14.9. The third kappa shape index (κ3) is 5.22. The number of nitrogen functional groups attached to an aromatic ring is 1. The molecule has 0 unspecified atom stereocenters. The number of halogens is 2. The summed E-state index contributed by atoms with van der Waals surface area (Å²) in [6.07, 6.45) is 3.50. The molecule has 0 amide bonds. The Morgan fingerprint density at radius 3 is 2.86 bits per heavy atom. The minimum Gasteiger partial charge on any atom is -0.474 e. The average Bonchev–Trinajstić information content (AvgIpc) is 2.68. The molecular weight excluding hydrogens is 403 g/mol. The molecule has 2 aromatic heterocycles. The Labute approximate surface area is 171 Å². The first-order valence-electron chi connectivity index (χ1n) is 8.27. The predicted molar refractivity (Wildman–Crippen MR) is 111 cm³/mol. The summed E-state index contributed by atoms with van der Waals surface area (Å²) in [5.74, 6) is 0.194. The van der Waals surface area contributed by atoms with Crippen LogP contribution in [0.25, 0.3) is 11.3 Å². The summed E-state index contributed by atoms with van der Waals surface area (Å²) < 4.78 is 23.0. The van der Waals surface area contributed by atoms with E-state index in [1.807, 2.05) is 6.26 Å². The smallest absolute Gasteiger partial charge is 0.257 e. The second-order valence-corrected chi connectivity index (χ2v) is 6.75. The van der Waals surface area contributed by atoms with Crippen LogP contribution in [0.3, 0.4) is 0 Å². The number of rotatable bonds is 8. The lowest BCUT2D eigenvalue weighted by Crippen LogP contribution is -2.15. The van der Waals surface area contributed by atoms with Crippen molar-refractivity contribution >= 4 is 40.7 Å². The molecule has 0 fully saturated rings. The number of hydrogen-bond acceptors (Lipinski definition) is 8. The van der Waals surface area contributed by atoms with Crippen molar-refractivity contribution in [2.75, 3.05) is 30.5 Å². The maximum absolute atomic E-state index is 14.2. The van der Waals surface area contributed by atoms with Gasteiger partial charge < -0.3 is 15.8 Å². The first kappa shape index (κ1) is 20.1. The molecule has 0 saturated carbocycles. The zero-order chi connectivity index (χ0) is 19.9. The topological polar surface area (TPSA) is 98.0 Å². The molecule has 3 aromatic rings. The van der Waals surface area contributed by atoms with Crippen molar-refractivity contribution in [2.24, 2.45) is 0 Å². The zero-order valence-corrected chi connectivity index (χ0v) is 16.5. The van der Waals surface area contributed by atoms with Gasteiger partial charge in [0.05, 0.1) is 5.69 Å². The minimum atomic E-state index is -0.448. The van der Waals surface area contributed by atoms with Crippen LogP contribution in [0.15, 0.2) is 42.6 Å². The Morgan fingerprint density at radius 2 is 2.07 bits per heavy atom. The molecule has 3 rings (SSSR count). The second-order valence-electron chi connectivity index (χ2n) is 5.61. The van der Waals surface area contributed by atoms with Crippen molar-refractivity contribution in [3.63, 3.8) is 0 Å². The van der Waals surface area contributed by atoms with Crippen LogP contribution in [0.1, 0.15) is 0 Å². The van der Waals surface area contributed by atoms with E-state index < -0.39 is 5.82 Å². The Morgan fingerprint density at radius 1 is 1.21 bits per heavy atom. The number of hydrogen-bond donors (Lipinski definition) is 3. The van der Waals surface area contributed by atoms with Crippen LogP contribution >= 0.6 is 23.5 Å². The number of anilines is 3. The van der Waals surface area contributed by atoms with Gasteiger partial charge in [-0.3, -0.25) is 4.72 Å². The summed E-state index contributed by atoms with van der Waals surface area (Å²) >= 11 is 7.49. The maximum atomic E-state index is 14.2. The van der Waals surface area contributed by atoms with E-state index in [0.29, 0.717) is 41.1 Å². The predicted octanol–water partition coefficient (Wildman–Crippen LogP) is 3.90. The fourth-order valence-electron chi connectivity index (χ4n) is 2.38. The summed E-state index contributed by atoms with van der Waals surface area (Å²) in [5, 5.41) is 11.8. The Bertz CT molecular complexity index is 961. The molecule has 10 heteroatoms. The van der Waals surface area contributed by atoms with E-state index in [4.69, 9.17) is 22.1 Å². The summed E-state index contributed by atoms with van der Waals surface area (Å²) in [4.78, 5) is 3.96. The molecule has 0 spiro atoms. The normalized spacial score (nSPS) is 10.7. The van der Waals surface area contributed by atoms with Crippen LogP contribution in [0.5, 0.6) is 5.88 Å². The number of nitrogens with zero attached hydrogens (tertiary/aromatic N) is 3. The van der Waals surface area contributed by atoms with Crippen LogP contribution in [0.2, 0.25) is 5.02 Å². The van der Waals surface area contributed by atoms with Crippen molar-refractivity contribution in [1.29, 1.82) is 0 Å². The lowest BCUT2D eigenvalue weighted by atomic mass is 10.1. The highest BCUT2D eigenvalue weighted by Crippen LogP contribution is 2.31. The van der Waals surface area contributed by atoms with Crippen LogP contribution < -0.4 is 20.5 Å². The van der Waals surface area contributed by atoms with E-state index in [1.54, 1.807) is 24.4 Å². The standard InChI is InChI=1S/C18H18ClFN6OS/c1-28-23-6-7-27-18-16(24-12-4-5-22-17(21)9-12)10-15(25-26-18)13-8-11(19)2-3-14(13)20/h2-5,8-10,23H,6-7H2,1H3,(H3,21,22,24,25). The number of benzene rings is 1. The highest BCUT2D eigenvalue weighted by atomic mass is 35.5. The third-order valence-electron chi connectivity index (χ3n) is 3.61. The van der Waals surface area contributed by atoms with Gasteiger partial charge in [-0.25, -0.2) is 9.37 Å². The molecule has 146 valence electrons. The van der Waals surface area contributed by atoms with Gasteiger partial charge in [0.15, 0.2) is 0 Å². The lowest BCUT2D eigenvalue weighted by molar-refractivity contribution is 0.310. The summed E-state index contributed by atoms with van der Waals surface area (Å²) in [7, 11) is 0. The molecule has 1 aromatic carbocycles. The number of nitrogens with one attached hydrogen (secondary N) is 2.